The first-order valence-electron chi connectivity index (χ1n) is 14.4. The number of likely N-dealkylation sites (tertiary alicyclic amines) is 1. The first kappa shape index (κ1) is 22.6. The molecule has 1 amide bonds. The lowest BCUT2D eigenvalue weighted by atomic mass is 9.52. The van der Waals surface area contributed by atoms with Gasteiger partial charge in [-0.05, 0) is 112 Å². The number of amides is 1. The van der Waals surface area contributed by atoms with Crippen LogP contribution in [-0.4, -0.2) is 45.3 Å². The number of rotatable bonds is 0. The Morgan fingerprint density at radius 3 is 2.91 bits per heavy atom. The van der Waals surface area contributed by atoms with Crippen molar-refractivity contribution >= 4 is 5.91 Å². The molecular weight excluding hydrogens is 434 g/mol. The van der Waals surface area contributed by atoms with Crippen molar-refractivity contribution in [2.45, 2.75) is 110 Å². The van der Waals surface area contributed by atoms with E-state index in [1.807, 2.05) is 0 Å². The van der Waals surface area contributed by atoms with Gasteiger partial charge in [-0.1, -0.05) is 25.0 Å². The lowest BCUT2D eigenvalue weighted by Crippen LogP contribution is -2.50. The normalized spacial score (nSPS) is 46.5. The number of allylic oxidation sites excluding steroid dienone is 1. The van der Waals surface area contributed by atoms with Crippen LogP contribution in [0.2, 0.25) is 0 Å². The first-order chi connectivity index (χ1) is 16.8. The maximum atomic E-state index is 12.5. The molecule has 190 valence electrons. The molecule has 8 unspecified atom stereocenters. The van der Waals surface area contributed by atoms with Crippen molar-refractivity contribution in [2.75, 3.05) is 6.54 Å². The van der Waals surface area contributed by atoms with Gasteiger partial charge in [-0.2, -0.15) is 5.10 Å². The SMILES string of the molecule is CC(=O)N1CC(C)CC2OC3(CCC4C(=C(C)C3)CC3C4CCC4Cc5[nH]ncc5C[C@@]43C)CC21. The molecule has 0 radical (unpaired) electrons. The van der Waals surface area contributed by atoms with E-state index in [-0.39, 0.29) is 23.7 Å². The first-order valence-corrected chi connectivity index (χ1v) is 14.4. The molecule has 2 saturated carbocycles. The van der Waals surface area contributed by atoms with Crippen molar-refractivity contribution in [2.24, 2.45) is 35.0 Å². The van der Waals surface area contributed by atoms with Gasteiger partial charge in [-0.15, -0.1) is 0 Å². The Kier molecular flexibility index (Phi) is 4.96. The number of ether oxygens (including phenoxy) is 1. The summed E-state index contributed by atoms with van der Waals surface area (Å²) in [7, 11) is 0. The summed E-state index contributed by atoms with van der Waals surface area (Å²) in [6.45, 7) is 9.98. The quantitative estimate of drug-likeness (QED) is 0.505. The predicted octanol–water partition coefficient (Wildman–Crippen LogP) is 5.46. The fourth-order valence-electron chi connectivity index (χ4n) is 10.2. The van der Waals surface area contributed by atoms with Crippen LogP contribution in [0.5, 0.6) is 0 Å². The standard InChI is InChI=1S/C30H43N3O2/c1-17-9-28-27(33(16-17)19(3)34)14-30(35-28)8-7-22-23-6-5-21-10-26-20(15-31-32-26)13-29(21,4)25(23)11-24(22)18(2)12-30/h15,17,21-23,25,27-28H,5-14,16H2,1-4H3,(H,31,32)/t17?,21?,22?,23?,25?,27?,28?,29-,30?/m0/s1. The van der Waals surface area contributed by atoms with E-state index in [1.54, 1.807) is 18.1 Å². The Hall–Kier alpha value is -1.62. The molecule has 4 aliphatic carbocycles. The number of nitrogens with zero attached hydrogens (tertiary/aromatic N) is 2. The molecule has 3 heterocycles. The number of H-pyrrole nitrogens is 1. The van der Waals surface area contributed by atoms with Gasteiger partial charge >= 0.3 is 0 Å². The fourth-order valence-corrected chi connectivity index (χ4v) is 10.2. The second kappa shape index (κ2) is 7.69. The van der Waals surface area contributed by atoms with E-state index >= 15 is 0 Å². The van der Waals surface area contributed by atoms with Gasteiger partial charge in [0.15, 0.2) is 0 Å². The van der Waals surface area contributed by atoms with Gasteiger partial charge in [-0.25, -0.2) is 0 Å². The Morgan fingerprint density at radius 2 is 2.09 bits per heavy atom. The fraction of sp³-hybridized carbons (Fsp3) is 0.800. The highest BCUT2D eigenvalue weighted by molar-refractivity contribution is 5.74. The van der Waals surface area contributed by atoms with Crippen LogP contribution in [0, 0.1) is 35.0 Å². The molecule has 0 aromatic carbocycles. The van der Waals surface area contributed by atoms with Crippen LogP contribution >= 0.6 is 0 Å². The molecule has 2 saturated heterocycles. The number of aromatic amines is 1. The Bertz CT molecular complexity index is 1080. The Morgan fingerprint density at radius 1 is 1.23 bits per heavy atom. The minimum atomic E-state index is -0.0539. The molecule has 1 N–H and O–H groups in total. The molecule has 1 aromatic heterocycles. The van der Waals surface area contributed by atoms with Crippen LogP contribution in [0.25, 0.3) is 0 Å². The summed E-state index contributed by atoms with van der Waals surface area (Å²) in [5, 5.41) is 7.69. The van der Waals surface area contributed by atoms with Crippen molar-refractivity contribution in [3.8, 4) is 0 Å². The Labute approximate surface area is 210 Å². The maximum absolute atomic E-state index is 12.5. The van der Waals surface area contributed by atoms with Gasteiger partial charge in [-0.3, -0.25) is 9.89 Å². The minimum absolute atomic E-state index is 0.0539. The van der Waals surface area contributed by atoms with E-state index in [4.69, 9.17) is 4.74 Å². The molecule has 0 bridgehead atoms. The Balaban J connectivity index is 1.16. The molecule has 6 aliphatic rings. The third-order valence-electron chi connectivity index (χ3n) is 11.8. The van der Waals surface area contributed by atoms with Gasteiger partial charge in [0, 0.05) is 19.2 Å². The number of aromatic nitrogens is 2. The van der Waals surface area contributed by atoms with E-state index < -0.39 is 0 Å². The summed E-state index contributed by atoms with van der Waals surface area (Å²) >= 11 is 0. The van der Waals surface area contributed by atoms with Crippen LogP contribution in [0.1, 0.15) is 90.3 Å². The van der Waals surface area contributed by atoms with Crippen LogP contribution in [0.15, 0.2) is 17.3 Å². The zero-order chi connectivity index (χ0) is 24.1. The molecule has 7 rings (SSSR count). The number of hydrogen-bond acceptors (Lipinski definition) is 3. The summed E-state index contributed by atoms with van der Waals surface area (Å²) in [4.78, 5) is 14.6. The minimum Gasteiger partial charge on any atom is -0.369 e. The maximum Gasteiger partial charge on any atom is 0.219 e. The van der Waals surface area contributed by atoms with E-state index in [0.717, 1.165) is 49.5 Å². The third kappa shape index (κ3) is 3.29. The molecule has 35 heavy (non-hydrogen) atoms. The smallest absolute Gasteiger partial charge is 0.219 e. The average molecular weight is 478 g/mol. The average Bonchev–Trinajstić information content (AvgIpc) is 3.48. The molecule has 5 heteroatoms. The zero-order valence-electron chi connectivity index (χ0n) is 22.1. The predicted molar refractivity (Wildman–Crippen MR) is 136 cm³/mol. The van der Waals surface area contributed by atoms with Gasteiger partial charge in [0.05, 0.1) is 23.9 Å². The molecule has 5 nitrogen and oxygen atoms in total. The lowest BCUT2D eigenvalue weighted by molar-refractivity contribution is -0.137. The summed E-state index contributed by atoms with van der Waals surface area (Å²) in [5.74, 6) is 3.96. The van der Waals surface area contributed by atoms with Crippen LogP contribution in [0.3, 0.4) is 0 Å². The largest absolute Gasteiger partial charge is 0.369 e. The van der Waals surface area contributed by atoms with Crippen LogP contribution in [0.4, 0.5) is 0 Å². The number of nitrogens with one attached hydrogen (secondary N) is 1. The highest BCUT2D eigenvalue weighted by Gasteiger charge is 2.58. The van der Waals surface area contributed by atoms with Crippen molar-refractivity contribution in [1.82, 2.24) is 15.1 Å². The molecule has 9 atom stereocenters. The second-order valence-corrected chi connectivity index (χ2v) is 13.8. The highest BCUT2D eigenvalue weighted by atomic mass is 16.5. The third-order valence-corrected chi connectivity index (χ3v) is 11.8. The lowest BCUT2D eigenvalue weighted by Gasteiger charge is -2.52. The summed E-state index contributed by atoms with van der Waals surface area (Å²) in [5.41, 5.74) is 6.67. The zero-order valence-corrected chi connectivity index (χ0v) is 22.1. The van der Waals surface area contributed by atoms with Gasteiger partial charge in [0.25, 0.3) is 0 Å². The van der Waals surface area contributed by atoms with Gasteiger partial charge in [0.2, 0.25) is 5.91 Å². The van der Waals surface area contributed by atoms with E-state index in [2.05, 4.69) is 42.1 Å². The molecule has 4 fully saturated rings. The monoisotopic (exact) mass is 477 g/mol. The van der Waals surface area contributed by atoms with Crippen molar-refractivity contribution < 1.29 is 9.53 Å². The van der Waals surface area contributed by atoms with Crippen LogP contribution in [-0.2, 0) is 22.4 Å². The summed E-state index contributed by atoms with van der Waals surface area (Å²) in [6, 6.07) is 0.285. The summed E-state index contributed by atoms with van der Waals surface area (Å²) in [6.07, 6.45) is 14.5. The van der Waals surface area contributed by atoms with Gasteiger partial charge in [0.1, 0.15) is 0 Å². The molecule has 1 aromatic rings. The molecule has 1 spiro atoms. The number of carbonyl (C=O) groups excluding carboxylic acids is 1. The number of piperidine rings is 1. The topological polar surface area (TPSA) is 58.2 Å². The van der Waals surface area contributed by atoms with Crippen molar-refractivity contribution in [1.29, 1.82) is 0 Å². The van der Waals surface area contributed by atoms with E-state index in [9.17, 15) is 4.79 Å². The van der Waals surface area contributed by atoms with Crippen LogP contribution < -0.4 is 0 Å². The van der Waals surface area contributed by atoms with Crippen molar-refractivity contribution in [3.05, 3.63) is 28.6 Å². The van der Waals surface area contributed by atoms with Gasteiger partial charge < -0.3 is 9.64 Å². The molecule has 2 aliphatic heterocycles. The van der Waals surface area contributed by atoms with E-state index in [1.165, 1.54) is 56.2 Å². The molecular formula is C30H43N3O2. The number of hydrogen-bond donors (Lipinski definition) is 1. The second-order valence-electron chi connectivity index (χ2n) is 13.8. The van der Waals surface area contributed by atoms with E-state index in [0.29, 0.717) is 11.3 Å². The number of carbonyl (C=O) groups is 1. The number of fused-ring (bicyclic) bond motifs is 7. The summed E-state index contributed by atoms with van der Waals surface area (Å²) < 4.78 is 6.99. The highest BCUT2D eigenvalue weighted by Crippen LogP contribution is 2.64. The van der Waals surface area contributed by atoms with Crippen molar-refractivity contribution in [3.63, 3.8) is 0 Å².